The standard InChI is InChI=1S/C13H18FNO2/c1-9(17)11-2-3-15(7-11)13-5-10(8-16)4-12(14)6-13/h4-6,9,11,16-17H,2-3,7-8H2,1H3. The molecule has 2 unspecified atom stereocenters. The molecule has 4 heteroatoms. The molecule has 1 heterocycles. The van der Waals surface area contributed by atoms with Crippen LogP contribution in [0.4, 0.5) is 10.1 Å². The zero-order valence-corrected chi connectivity index (χ0v) is 9.93. The first-order valence-electron chi connectivity index (χ1n) is 5.93. The van der Waals surface area contributed by atoms with Crippen molar-refractivity contribution in [3.05, 3.63) is 29.6 Å². The van der Waals surface area contributed by atoms with Crippen molar-refractivity contribution < 1.29 is 14.6 Å². The van der Waals surface area contributed by atoms with Crippen LogP contribution in [0.2, 0.25) is 0 Å². The number of halogens is 1. The highest BCUT2D eigenvalue weighted by molar-refractivity contribution is 5.50. The molecule has 1 aromatic rings. The van der Waals surface area contributed by atoms with Gasteiger partial charge in [0.2, 0.25) is 0 Å². The molecule has 0 aliphatic carbocycles. The van der Waals surface area contributed by atoms with E-state index in [1.54, 1.807) is 13.0 Å². The van der Waals surface area contributed by atoms with Crippen LogP contribution in [0.5, 0.6) is 0 Å². The van der Waals surface area contributed by atoms with Gasteiger partial charge in [-0.05, 0) is 37.1 Å². The van der Waals surface area contributed by atoms with E-state index in [0.29, 0.717) is 5.56 Å². The number of aliphatic hydroxyl groups excluding tert-OH is 2. The molecule has 0 radical (unpaired) electrons. The summed E-state index contributed by atoms with van der Waals surface area (Å²) in [4.78, 5) is 2.06. The van der Waals surface area contributed by atoms with Crippen LogP contribution in [0.1, 0.15) is 18.9 Å². The Morgan fingerprint density at radius 1 is 1.47 bits per heavy atom. The van der Waals surface area contributed by atoms with E-state index in [0.717, 1.165) is 25.2 Å². The Kier molecular flexibility index (Phi) is 3.64. The van der Waals surface area contributed by atoms with Crippen molar-refractivity contribution in [3.8, 4) is 0 Å². The number of benzene rings is 1. The van der Waals surface area contributed by atoms with Crippen molar-refractivity contribution >= 4 is 5.69 Å². The van der Waals surface area contributed by atoms with Crippen molar-refractivity contribution in [2.45, 2.75) is 26.1 Å². The molecule has 2 rings (SSSR count). The van der Waals surface area contributed by atoms with E-state index >= 15 is 0 Å². The average molecular weight is 239 g/mol. The Bertz CT molecular complexity index is 395. The molecule has 17 heavy (non-hydrogen) atoms. The zero-order chi connectivity index (χ0) is 12.4. The van der Waals surface area contributed by atoms with Gasteiger partial charge in [-0.15, -0.1) is 0 Å². The van der Waals surface area contributed by atoms with E-state index in [2.05, 4.69) is 4.90 Å². The van der Waals surface area contributed by atoms with E-state index < -0.39 is 0 Å². The lowest BCUT2D eigenvalue weighted by molar-refractivity contribution is 0.136. The predicted octanol–water partition coefficient (Wildman–Crippen LogP) is 1.53. The Morgan fingerprint density at radius 3 is 2.82 bits per heavy atom. The molecule has 0 amide bonds. The van der Waals surface area contributed by atoms with Crippen molar-refractivity contribution in [1.29, 1.82) is 0 Å². The first-order chi connectivity index (χ1) is 8.10. The predicted molar refractivity (Wildman–Crippen MR) is 64.3 cm³/mol. The van der Waals surface area contributed by atoms with Crippen LogP contribution in [0, 0.1) is 11.7 Å². The summed E-state index contributed by atoms with van der Waals surface area (Å²) in [5, 5.41) is 18.6. The fourth-order valence-electron chi connectivity index (χ4n) is 2.32. The van der Waals surface area contributed by atoms with E-state index in [9.17, 15) is 9.50 Å². The molecular weight excluding hydrogens is 221 g/mol. The lowest BCUT2D eigenvalue weighted by Crippen LogP contribution is -2.24. The summed E-state index contributed by atoms with van der Waals surface area (Å²) in [6.45, 7) is 3.20. The second-order valence-electron chi connectivity index (χ2n) is 4.71. The molecule has 2 atom stereocenters. The maximum Gasteiger partial charge on any atom is 0.125 e. The maximum atomic E-state index is 13.3. The number of anilines is 1. The molecule has 0 saturated carbocycles. The van der Waals surface area contributed by atoms with E-state index in [1.807, 2.05) is 0 Å². The Labute approximate surface area is 100 Å². The molecule has 0 spiro atoms. The zero-order valence-electron chi connectivity index (χ0n) is 9.93. The molecule has 1 aromatic carbocycles. The fraction of sp³-hybridized carbons (Fsp3) is 0.538. The third kappa shape index (κ3) is 2.76. The van der Waals surface area contributed by atoms with Gasteiger partial charge in [0.1, 0.15) is 5.82 Å². The highest BCUT2D eigenvalue weighted by Gasteiger charge is 2.26. The third-order valence-corrected chi connectivity index (χ3v) is 3.40. The van der Waals surface area contributed by atoms with Crippen molar-refractivity contribution in [1.82, 2.24) is 0 Å². The van der Waals surface area contributed by atoms with Crippen LogP contribution in [-0.2, 0) is 6.61 Å². The summed E-state index contributed by atoms with van der Waals surface area (Å²) >= 11 is 0. The summed E-state index contributed by atoms with van der Waals surface area (Å²) < 4.78 is 13.3. The van der Waals surface area contributed by atoms with Gasteiger partial charge in [0.25, 0.3) is 0 Å². The first-order valence-corrected chi connectivity index (χ1v) is 5.93. The molecule has 1 fully saturated rings. The van der Waals surface area contributed by atoms with Crippen LogP contribution in [0.3, 0.4) is 0 Å². The van der Waals surface area contributed by atoms with Crippen LogP contribution < -0.4 is 4.90 Å². The average Bonchev–Trinajstić information content (AvgIpc) is 2.77. The minimum atomic E-state index is -0.328. The minimum absolute atomic E-state index is 0.154. The van der Waals surface area contributed by atoms with E-state index in [1.165, 1.54) is 12.1 Å². The molecule has 1 saturated heterocycles. The van der Waals surface area contributed by atoms with Crippen LogP contribution in [0.25, 0.3) is 0 Å². The quantitative estimate of drug-likeness (QED) is 0.840. The van der Waals surface area contributed by atoms with Crippen LogP contribution in [-0.4, -0.2) is 29.4 Å². The van der Waals surface area contributed by atoms with Gasteiger partial charge in [-0.3, -0.25) is 0 Å². The first kappa shape index (κ1) is 12.3. The van der Waals surface area contributed by atoms with Crippen LogP contribution >= 0.6 is 0 Å². The highest BCUT2D eigenvalue weighted by Crippen LogP contribution is 2.27. The molecule has 1 aliphatic rings. The normalized spacial score (nSPS) is 21.9. The minimum Gasteiger partial charge on any atom is -0.393 e. The maximum absolute atomic E-state index is 13.3. The summed E-state index contributed by atoms with van der Waals surface area (Å²) in [5.74, 6) is -0.0807. The van der Waals surface area contributed by atoms with Crippen molar-refractivity contribution in [2.24, 2.45) is 5.92 Å². The second kappa shape index (κ2) is 5.02. The SMILES string of the molecule is CC(O)C1CCN(c2cc(F)cc(CO)c2)C1. The number of aliphatic hydroxyl groups is 2. The lowest BCUT2D eigenvalue weighted by atomic mass is 10.0. The Morgan fingerprint density at radius 2 is 2.24 bits per heavy atom. The molecule has 0 bridgehead atoms. The smallest absolute Gasteiger partial charge is 0.125 e. The van der Waals surface area contributed by atoms with Gasteiger partial charge in [-0.25, -0.2) is 4.39 Å². The summed E-state index contributed by atoms with van der Waals surface area (Å²) in [5.41, 5.74) is 1.37. The second-order valence-corrected chi connectivity index (χ2v) is 4.71. The number of rotatable bonds is 3. The van der Waals surface area contributed by atoms with Gasteiger partial charge in [0, 0.05) is 24.7 Å². The van der Waals surface area contributed by atoms with Gasteiger partial charge in [-0.2, -0.15) is 0 Å². The molecule has 3 nitrogen and oxygen atoms in total. The number of hydrogen-bond acceptors (Lipinski definition) is 3. The van der Waals surface area contributed by atoms with Gasteiger partial charge >= 0.3 is 0 Å². The van der Waals surface area contributed by atoms with E-state index in [4.69, 9.17) is 5.11 Å². The summed E-state index contributed by atoms with van der Waals surface area (Å²) in [6.07, 6.45) is 0.591. The largest absolute Gasteiger partial charge is 0.393 e. The van der Waals surface area contributed by atoms with Gasteiger partial charge in [-0.1, -0.05) is 0 Å². The Hall–Kier alpha value is -1.13. The highest BCUT2D eigenvalue weighted by atomic mass is 19.1. The molecular formula is C13H18FNO2. The van der Waals surface area contributed by atoms with Gasteiger partial charge < -0.3 is 15.1 Å². The topological polar surface area (TPSA) is 43.7 Å². The number of nitrogens with zero attached hydrogens (tertiary/aromatic N) is 1. The van der Waals surface area contributed by atoms with Crippen LogP contribution in [0.15, 0.2) is 18.2 Å². The molecule has 94 valence electrons. The molecule has 1 aliphatic heterocycles. The third-order valence-electron chi connectivity index (χ3n) is 3.40. The lowest BCUT2D eigenvalue weighted by Gasteiger charge is -2.20. The van der Waals surface area contributed by atoms with Crippen molar-refractivity contribution in [3.63, 3.8) is 0 Å². The Balaban J connectivity index is 2.15. The summed E-state index contributed by atoms with van der Waals surface area (Å²) in [6, 6.07) is 4.61. The molecule has 0 aromatic heterocycles. The van der Waals surface area contributed by atoms with Gasteiger partial charge in [0.15, 0.2) is 0 Å². The van der Waals surface area contributed by atoms with Gasteiger partial charge in [0.05, 0.1) is 12.7 Å². The van der Waals surface area contributed by atoms with Crippen molar-refractivity contribution in [2.75, 3.05) is 18.0 Å². The summed E-state index contributed by atoms with van der Waals surface area (Å²) in [7, 11) is 0. The fourth-order valence-corrected chi connectivity index (χ4v) is 2.32. The molecule has 2 N–H and O–H groups in total. The monoisotopic (exact) mass is 239 g/mol. The van der Waals surface area contributed by atoms with E-state index in [-0.39, 0.29) is 24.4 Å². The number of hydrogen-bond donors (Lipinski definition) is 2.